The minimum absolute atomic E-state index is 0.0972. The number of nitriles is 1. The first kappa shape index (κ1) is 115. The van der Waals surface area contributed by atoms with E-state index in [1.54, 1.807) is 7.11 Å². The molecule has 0 unspecified atom stereocenters. The maximum absolute atomic E-state index is 10.5. The Kier molecular flexibility index (Phi) is 113. The molecule has 0 aromatic rings. The highest BCUT2D eigenvalue weighted by molar-refractivity contribution is 7.90. The van der Waals surface area contributed by atoms with Crippen LogP contribution in [0.15, 0.2) is 0 Å². The van der Waals surface area contributed by atoms with Crippen molar-refractivity contribution in [1.82, 2.24) is 4.90 Å². The second-order valence-electron chi connectivity index (χ2n) is 30.8. The molecule has 1 atom stereocenters. The van der Waals surface area contributed by atoms with Gasteiger partial charge in [0.1, 0.15) is 9.84 Å². The van der Waals surface area contributed by atoms with Gasteiger partial charge >= 0.3 is 0 Å². The van der Waals surface area contributed by atoms with Gasteiger partial charge in [-0.2, -0.15) is 5.26 Å². The maximum atomic E-state index is 10.5. The van der Waals surface area contributed by atoms with E-state index in [9.17, 15) is 8.42 Å². The molecule has 0 heterocycles. The van der Waals surface area contributed by atoms with Crippen molar-refractivity contribution in [2.45, 2.75) is 332 Å². The van der Waals surface area contributed by atoms with E-state index in [0.717, 1.165) is 73.2 Å². The molecule has 0 aliphatic carbocycles. The molecule has 0 aliphatic rings. The van der Waals surface area contributed by atoms with Gasteiger partial charge in [-0.05, 0) is 153 Å². The van der Waals surface area contributed by atoms with E-state index in [-0.39, 0.29) is 18.6 Å². The number of aliphatic hydroxyl groups excluding tert-OH is 4. The molecule has 0 aliphatic heterocycles. The van der Waals surface area contributed by atoms with Gasteiger partial charge in [-0.25, -0.2) is 8.42 Å². The van der Waals surface area contributed by atoms with Gasteiger partial charge in [-0.3, -0.25) is 0 Å². The summed E-state index contributed by atoms with van der Waals surface area (Å²) < 4.78 is 25.9. The summed E-state index contributed by atoms with van der Waals surface area (Å²) in [5, 5.41) is 42.2. The summed E-state index contributed by atoms with van der Waals surface area (Å²) in [4.78, 5) is 2.22. The summed E-state index contributed by atoms with van der Waals surface area (Å²) in [5.74, 6) is 10.0. The average Bonchev–Trinajstić information content (AvgIpc) is 3.34. The summed E-state index contributed by atoms with van der Waals surface area (Å²) in [6.45, 7) is 80.9. The maximum Gasteiger partial charge on any atom is 0.147 e. The molecule has 10 heteroatoms. The Morgan fingerprint density at radius 1 is 0.494 bits per heavy atom. The zero-order valence-electron chi connectivity index (χ0n) is 66.6. The Bertz CT molecular complexity index is 1220. The van der Waals surface area contributed by atoms with E-state index in [1.807, 2.05) is 27.7 Å². The van der Waals surface area contributed by atoms with Crippen LogP contribution in [-0.4, -0.2) is 106 Å². The third-order valence-electron chi connectivity index (χ3n) is 11.9. The molecule has 0 saturated heterocycles. The fourth-order valence-electron chi connectivity index (χ4n) is 3.96. The summed E-state index contributed by atoms with van der Waals surface area (Å²) >= 11 is 0. The predicted octanol–water partition coefficient (Wildman–Crippen LogP) is 22.3. The summed E-state index contributed by atoms with van der Waals surface area (Å²) in [6, 6.07) is 2.10. The first-order chi connectivity index (χ1) is 38.2. The van der Waals surface area contributed by atoms with Crippen LogP contribution in [0.3, 0.4) is 0 Å². The van der Waals surface area contributed by atoms with Crippen LogP contribution in [0.4, 0.5) is 0 Å². The molecule has 0 aromatic carbocycles. The number of sulfone groups is 1. The molecule has 0 bridgehead atoms. The quantitative estimate of drug-likeness (QED) is 0.0784. The first-order valence-electron chi connectivity index (χ1n) is 34.4. The highest BCUT2D eigenvalue weighted by Crippen LogP contribution is 2.24. The monoisotopic (exact) mass is 1250 g/mol. The van der Waals surface area contributed by atoms with Crippen molar-refractivity contribution in [3.05, 3.63) is 0 Å². The van der Waals surface area contributed by atoms with Crippen molar-refractivity contribution in [2.75, 3.05) is 66.2 Å². The first-order valence-corrected chi connectivity index (χ1v) is 36.5. The van der Waals surface area contributed by atoms with Crippen molar-refractivity contribution < 1.29 is 33.6 Å². The van der Waals surface area contributed by atoms with Crippen LogP contribution in [0, 0.1) is 99.1 Å². The number of ether oxygens (including phenoxy) is 1. The van der Waals surface area contributed by atoms with Crippen LogP contribution >= 0.6 is 0 Å². The van der Waals surface area contributed by atoms with Crippen LogP contribution in [0.25, 0.3) is 0 Å². The highest BCUT2D eigenvalue weighted by atomic mass is 32.2. The number of hydrogen-bond donors (Lipinski definition) is 4. The average molecular weight is 1250 g/mol. The Morgan fingerprint density at radius 3 is 0.859 bits per heavy atom. The molecule has 0 rings (SSSR count). The molecular formula is C75H174N2O7S. The van der Waals surface area contributed by atoms with Crippen LogP contribution < -0.4 is 0 Å². The Labute approximate surface area is 543 Å². The fourth-order valence-corrected chi connectivity index (χ4v) is 4.86. The van der Waals surface area contributed by atoms with Crippen LogP contribution in [0.2, 0.25) is 0 Å². The van der Waals surface area contributed by atoms with Crippen molar-refractivity contribution in [3.8, 4) is 6.07 Å². The second kappa shape index (κ2) is 83.2. The van der Waals surface area contributed by atoms with Gasteiger partial charge in [0, 0.05) is 39.6 Å². The Balaban J connectivity index is -0.0000000604. The predicted molar refractivity (Wildman–Crippen MR) is 393 cm³/mol. The largest absolute Gasteiger partial charge is 0.396 e. The number of aliphatic hydroxyl groups is 4. The Morgan fingerprint density at radius 2 is 0.800 bits per heavy atom. The molecule has 0 radical (unpaired) electrons. The van der Waals surface area contributed by atoms with E-state index >= 15 is 0 Å². The zero-order chi connectivity index (χ0) is 71.3. The molecule has 0 amide bonds. The second-order valence-corrected chi connectivity index (χ2v) is 33.1. The summed E-state index contributed by atoms with van der Waals surface area (Å²) in [5.41, 5.74) is 0.619. The van der Waals surface area contributed by atoms with E-state index in [1.165, 1.54) is 57.7 Å². The lowest BCUT2D eigenvalue weighted by atomic mass is 9.82. The van der Waals surface area contributed by atoms with Gasteiger partial charge < -0.3 is 30.1 Å². The molecule has 0 fully saturated rings. The lowest BCUT2D eigenvalue weighted by molar-refractivity contribution is 0.0782. The smallest absolute Gasteiger partial charge is 0.147 e. The van der Waals surface area contributed by atoms with E-state index in [0.29, 0.717) is 60.2 Å². The van der Waals surface area contributed by atoms with Crippen LogP contribution in [0.1, 0.15) is 326 Å². The number of methoxy groups -OCH3 is 1. The topological polar surface area (TPSA) is 151 Å². The van der Waals surface area contributed by atoms with Crippen LogP contribution in [-0.2, 0) is 14.6 Å². The van der Waals surface area contributed by atoms with E-state index in [4.69, 9.17) is 30.4 Å². The van der Waals surface area contributed by atoms with E-state index < -0.39 is 15.9 Å². The number of nitrogens with zero attached hydrogens (tertiary/aromatic N) is 2. The van der Waals surface area contributed by atoms with Crippen molar-refractivity contribution in [2.24, 2.45) is 87.8 Å². The number of hydrogen-bond acceptors (Lipinski definition) is 9. The molecule has 9 nitrogen and oxygen atoms in total. The molecule has 0 saturated carbocycles. The summed E-state index contributed by atoms with van der Waals surface area (Å²) in [7, 11) is 3.25. The minimum atomic E-state index is -2.72. The Hall–Kier alpha value is -0.800. The highest BCUT2D eigenvalue weighted by Gasteiger charge is 2.20. The molecule has 4 N–H and O–H groups in total. The van der Waals surface area contributed by atoms with Gasteiger partial charge in [0.2, 0.25) is 0 Å². The fraction of sp³-hybridized carbons (Fsp3) is 0.987. The zero-order valence-corrected chi connectivity index (χ0v) is 67.4. The normalized spacial score (nSPS) is 11.1. The third-order valence-corrected chi connectivity index (χ3v) is 12.8. The molecule has 85 heavy (non-hydrogen) atoms. The van der Waals surface area contributed by atoms with Gasteiger partial charge in [0.15, 0.2) is 0 Å². The number of rotatable bonds is 23. The van der Waals surface area contributed by atoms with Crippen molar-refractivity contribution >= 4 is 9.84 Å². The molecule has 0 spiro atoms. The van der Waals surface area contributed by atoms with E-state index in [2.05, 4.69) is 247 Å². The van der Waals surface area contributed by atoms with Gasteiger partial charge in [0.25, 0.3) is 0 Å². The molecule has 532 valence electrons. The molecule has 0 aromatic heterocycles. The third kappa shape index (κ3) is 227. The summed E-state index contributed by atoms with van der Waals surface area (Å²) in [6.07, 6.45) is 13.9. The van der Waals surface area contributed by atoms with Gasteiger partial charge in [-0.15, -0.1) is 0 Å². The standard InChI is InChI=1S/C8H18.C7H17N.C7H16O.C6H11N.C6H14O2S.C6H14O2.C6H14O.C5H12O.4C5H12.C4H10/c1-7(2)6-8(3,4)5;1-7(2)5-6-8(3)4;1-6(2)7(3,4)5-8;1-6(2)4-3-5-7;1-6(2)4-5-9(3,7)8;1-5(2)3-6(8)4-7;1-6(2)4-5-7-3;1-5(2)3-4-6;4*1-4-5(2)3;1-4(2)3/h7H,6H2,1-5H3;7H,5-6H2,1-4H3;6,8H,5H2,1-4H3;6H,3-4H2,1-2H3;6H,4-5H2,1-3H3;5-8H,3-4H2,1-2H3;6H,4-5H2,1-3H3;5-6H,3-4H2,1-2H3;4*5H,4H2,1-3H3;4H,1-3H3/t;;;;;6-;;;;;;;/m.....1......./s1. The van der Waals surface area contributed by atoms with Crippen molar-refractivity contribution in [3.63, 3.8) is 0 Å². The minimum Gasteiger partial charge on any atom is -0.396 e. The molecular weight excluding hydrogens is 1070 g/mol. The van der Waals surface area contributed by atoms with Crippen LogP contribution in [0.5, 0.6) is 0 Å². The lowest BCUT2D eigenvalue weighted by Crippen LogP contribution is -2.23. The van der Waals surface area contributed by atoms with Crippen molar-refractivity contribution in [1.29, 1.82) is 5.26 Å². The van der Waals surface area contributed by atoms with Gasteiger partial charge in [0.05, 0.1) is 24.5 Å². The SMILES string of the molecule is CC(C)C.CC(C)C(C)(C)CO.CC(C)CC(C)(C)C.CC(C)CCC#N.CC(C)CCN(C)C.CC(C)CCO.CC(C)CCS(C)(=O)=O.CC(C)C[C@@H](O)CO.CCC(C)C.CCC(C)C.CCC(C)C.CCC(C)C.COCCC(C)C. The lowest BCUT2D eigenvalue weighted by Gasteiger charge is -2.25. The van der Waals surface area contributed by atoms with Gasteiger partial charge in [-0.1, -0.05) is 275 Å².